The number of methoxy groups -OCH3 is 1. The first-order valence-corrected chi connectivity index (χ1v) is 8.18. The lowest BCUT2D eigenvalue weighted by Crippen LogP contribution is -2.21. The number of benzene rings is 1. The molecule has 0 aliphatic rings. The molecule has 1 N–H and O–H groups in total. The SMILES string of the molecule is CCCCCCOc1c(Cl)cc(CNC(C)C)cc1OC. The predicted octanol–water partition coefficient (Wildman–Crippen LogP) is 4.81. The van der Waals surface area contributed by atoms with Crippen LogP contribution in [0.25, 0.3) is 0 Å². The average molecular weight is 314 g/mol. The molecule has 0 atom stereocenters. The van der Waals surface area contributed by atoms with Gasteiger partial charge >= 0.3 is 0 Å². The lowest BCUT2D eigenvalue weighted by Gasteiger charge is -2.15. The molecule has 0 bridgehead atoms. The zero-order chi connectivity index (χ0) is 15.7. The van der Waals surface area contributed by atoms with E-state index in [1.54, 1.807) is 7.11 Å². The molecule has 0 aromatic heterocycles. The van der Waals surface area contributed by atoms with E-state index in [2.05, 4.69) is 26.1 Å². The standard InChI is InChI=1S/C17H28ClNO2/c1-5-6-7-8-9-21-17-15(18)10-14(11-16(17)20-4)12-19-13(2)3/h10-11,13,19H,5-9,12H2,1-4H3. The molecule has 0 aliphatic heterocycles. The third kappa shape index (κ3) is 6.58. The van der Waals surface area contributed by atoms with E-state index in [0.717, 1.165) is 18.5 Å². The summed E-state index contributed by atoms with van der Waals surface area (Å²) in [5, 5.41) is 3.99. The van der Waals surface area contributed by atoms with Gasteiger partial charge in [-0.2, -0.15) is 0 Å². The van der Waals surface area contributed by atoms with Crippen LogP contribution in [0.2, 0.25) is 5.02 Å². The van der Waals surface area contributed by atoms with E-state index in [0.29, 0.717) is 29.2 Å². The van der Waals surface area contributed by atoms with Gasteiger partial charge in [0.1, 0.15) is 0 Å². The number of halogens is 1. The van der Waals surface area contributed by atoms with Crippen molar-refractivity contribution in [2.75, 3.05) is 13.7 Å². The van der Waals surface area contributed by atoms with Crippen molar-refractivity contribution in [2.24, 2.45) is 0 Å². The summed E-state index contributed by atoms with van der Waals surface area (Å²) < 4.78 is 11.2. The molecule has 120 valence electrons. The smallest absolute Gasteiger partial charge is 0.179 e. The van der Waals surface area contributed by atoms with Crippen LogP contribution in [-0.2, 0) is 6.54 Å². The number of hydrogen-bond donors (Lipinski definition) is 1. The molecule has 0 saturated heterocycles. The largest absolute Gasteiger partial charge is 0.493 e. The van der Waals surface area contributed by atoms with Gasteiger partial charge in [0, 0.05) is 12.6 Å². The van der Waals surface area contributed by atoms with Gasteiger partial charge in [-0.3, -0.25) is 0 Å². The van der Waals surface area contributed by atoms with Crippen LogP contribution < -0.4 is 14.8 Å². The Kier molecular flexibility index (Phi) is 8.55. The topological polar surface area (TPSA) is 30.5 Å². The van der Waals surface area contributed by atoms with Gasteiger partial charge in [-0.15, -0.1) is 0 Å². The number of hydrogen-bond acceptors (Lipinski definition) is 3. The van der Waals surface area contributed by atoms with Crippen molar-refractivity contribution in [3.63, 3.8) is 0 Å². The van der Waals surface area contributed by atoms with Crippen molar-refractivity contribution < 1.29 is 9.47 Å². The molecule has 21 heavy (non-hydrogen) atoms. The maximum Gasteiger partial charge on any atom is 0.179 e. The molecule has 0 radical (unpaired) electrons. The van der Waals surface area contributed by atoms with Gasteiger partial charge in [0.25, 0.3) is 0 Å². The molecule has 4 heteroatoms. The van der Waals surface area contributed by atoms with Crippen LogP contribution in [0.15, 0.2) is 12.1 Å². The van der Waals surface area contributed by atoms with Crippen LogP contribution in [0.3, 0.4) is 0 Å². The molecule has 0 unspecified atom stereocenters. The van der Waals surface area contributed by atoms with E-state index in [1.165, 1.54) is 19.3 Å². The first kappa shape index (κ1) is 18.1. The number of ether oxygens (including phenoxy) is 2. The van der Waals surface area contributed by atoms with E-state index in [9.17, 15) is 0 Å². The van der Waals surface area contributed by atoms with Gasteiger partial charge in [-0.25, -0.2) is 0 Å². The minimum atomic E-state index is 0.435. The van der Waals surface area contributed by atoms with E-state index in [4.69, 9.17) is 21.1 Å². The third-order valence-electron chi connectivity index (χ3n) is 3.25. The van der Waals surface area contributed by atoms with Crippen LogP contribution in [0.5, 0.6) is 11.5 Å². The molecule has 0 spiro atoms. The van der Waals surface area contributed by atoms with E-state index in [1.807, 2.05) is 12.1 Å². The van der Waals surface area contributed by atoms with Crippen LogP contribution in [-0.4, -0.2) is 19.8 Å². The quantitative estimate of drug-likeness (QED) is 0.629. The fourth-order valence-electron chi connectivity index (χ4n) is 2.04. The second-order valence-electron chi connectivity index (χ2n) is 5.55. The Morgan fingerprint density at radius 3 is 2.57 bits per heavy atom. The van der Waals surface area contributed by atoms with Crippen LogP contribution in [0.1, 0.15) is 52.0 Å². The highest BCUT2D eigenvalue weighted by Crippen LogP contribution is 2.36. The van der Waals surface area contributed by atoms with Gasteiger partial charge in [-0.05, 0) is 24.1 Å². The predicted molar refractivity (Wildman–Crippen MR) is 89.6 cm³/mol. The second kappa shape index (κ2) is 9.91. The summed E-state index contributed by atoms with van der Waals surface area (Å²) in [6, 6.07) is 4.37. The highest BCUT2D eigenvalue weighted by molar-refractivity contribution is 6.32. The molecule has 1 aromatic carbocycles. The van der Waals surface area contributed by atoms with Gasteiger partial charge in [-0.1, -0.05) is 51.6 Å². The number of nitrogens with one attached hydrogen (secondary N) is 1. The van der Waals surface area contributed by atoms with Crippen molar-refractivity contribution in [3.8, 4) is 11.5 Å². The molecule has 0 fully saturated rings. The minimum absolute atomic E-state index is 0.435. The van der Waals surface area contributed by atoms with Gasteiger partial charge in [0.2, 0.25) is 0 Å². The van der Waals surface area contributed by atoms with Crippen molar-refractivity contribution in [2.45, 2.75) is 59.0 Å². The summed E-state index contributed by atoms with van der Waals surface area (Å²) in [6.07, 6.45) is 4.70. The van der Waals surface area contributed by atoms with Crippen molar-refractivity contribution in [1.29, 1.82) is 0 Å². The molecule has 0 heterocycles. The van der Waals surface area contributed by atoms with Crippen LogP contribution >= 0.6 is 11.6 Å². The fourth-order valence-corrected chi connectivity index (χ4v) is 2.33. The zero-order valence-electron chi connectivity index (χ0n) is 13.7. The Hall–Kier alpha value is -0.930. The van der Waals surface area contributed by atoms with Gasteiger partial charge < -0.3 is 14.8 Å². The van der Waals surface area contributed by atoms with Crippen molar-refractivity contribution in [3.05, 3.63) is 22.7 Å². The summed E-state index contributed by atoms with van der Waals surface area (Å²) >= 11 is 6.34. The summed E-state index contributed by atoms with van der Waals surface area (Å²) in [6.45, 7) is 7.88. The number of rotatable bonds is 10. The first-order valence-electron chi connectivity index (χ1n) is 7.81. The summed E-state index contributed by atoms with van der Waals surface area (Å²) in [4.78, 5) is 0. The Bertz CT molecular complexity index is 421. The van der Waals surface area contributed by atoms with Crippen molar-refractivity contribution in [1.82, 2.24) is 5.32 Å². The van der Waals surface area contributed by atoms with Gasteiger partial charge in [0.15, 0.2) is 11.5 Å². The maximum atomic E-state index is 6.34. The highest BCUT2D eigenvalue weighted by atomic mass is 35.5. The zero-order valence-corrected chi connectivity index (χ0v) is 14.4. The average Bonchev–Trinajstić information content (AvgIpc) is 2.46. The lowest BCUT2D eigenvalue weighted by atomic mass is 10.2. The Labute approximate surface area is 134 Å². The second-order valence-corrected chi connectivity index (χ2v) is 5.96. The molecular weight excluding hydrogens is 286 g/mol. The summed E-state index contributed by atoms with van der Waals surface area (Å²) in [7, 11) is 1.65. The summed E-state index contributed by atoms with van der Waals surface area (Å²) in [5.74, 6) is 1.36. The molecule has 0 amide bonds. The molecule has 3 nitrogen and oxygen atoms in total. The molecular formula is C17H28ClNO2. The summed E-state index contributed by atoms with van der Waals surface area (Å²) in [5.41, 5.74) is 1.10. The molecule has 0 saturated carbocycles. The Morgan fingerprint density at radius 1 is 1.19 bits per heavy atom. The highest BCUT2D eigenvalue weighted by Gasteiger charge is 2.12. The fraction of sp³-hybridized carbons (Fsp3) is 0.647. The number of unbranched alkanes of at least 4 members (excludes halogenated alkanes) is 3. The Balaban J connectivity index is 2.66. The Morgan fingerprint density at radius 2 is 1.95 bits per heavy atom. The van der Waals surface area contributed by atoms with Gasteiger partial charge in [0.05, 0.1) is 18.7 Å². The van der Waals surface area contributed by atoms with Crippen LogP contribution in [0.4, 0.5) is 0 Å². The first-order chi connectivity index (χ1) is 10.1. The monoisotopic (exact) mass is 313 g/mol. The molecule has 1 rings (SSSR count). The minimum Gasteiger partial charge on any atom is -0.493 e. The van der Waals surface area contributed by atoms with E-state index >= 15 is 0 Å². The lowest BCUT2D eigenvalue weighted by molar-refractivity contribution is 0.285. The normalized spacial score (nSPS) is 11.0. The van der Waals surface area contributed by atoms with E-state index in [-0.39, 0.29) is 0 Å². The van der Waals surface area contributed by atoms with E-state index < -0.39 is 0 Å². The third-order valence-corrected chi connectivity index (χ3v) is 3.53. The molecule has 0 aliphatic carbocycles. The molecule has 1 aromatic rings. The maximum absolute atomic E-state index is 6.34. The van der Waals surface area contributed by atoms with Crippen LogP contribution in [0, 0.1) is 0 Å². The van der Waals surface area contributed by atoms with Crippen molar-refractivity contribution >= 4 is 11.6 Å².